The minimum atomic E-state index is -1.07. The van der Waals surface area contributed by atoms with Crippen molar-refractivity contribution in [1.82, 2.24) is 5.32 Å². The van der Waals surface area contributed by atoms with Gasteiger partial charge in [0.05, 0.1) is 6.54 Å². The summed E-state index contributed by atoms with van der Waals surface area (Å²) in [5.41, 5.74) is 1.89. The van der Waals surface area contributed by atoms with Crippen LogP contribution < -0.4 is 5.32 Å². The van der Waals surface area contributed by atoms with Crippen LogP contribution in [0.15, 0.2) is 11.1 Å². The Morgan fingerprint density at radius 2 is 2.19 bits per heavy atom. The van der Waals surface area contributed by atoms with Gasteiger partial charge in [-0.05, 0) is 26.2 Å². The number of carboxylic acids is 1. The number of carbonyl (C=O) groups is 2. The zero-order chi connectivity index (χ0) is 12.1. The van der Waals surface area contributed by atoms with Crippen LogP contribution in [0, 0.1) is 0 Å². The standard InChI is InChI=1S/C11H17NO4/c1-7-4-3-5-8(7)10(13)12-6-9(16-2)11(14)15/h9H,3-6H2,1-2H3,(H,12,13)(H,14,15). The highest BCUT2D eigenvalue weighted by atomic mass is 16.5. The van der Waals surface area contributed by atoms with Crippen molar-refractivity contribution in [2.45, 2.75) is 32.3 Å². The third kappa shape index (κ3) is 3.06. The lowest BCUT2D eigenvalue weighted by molar-refractivity contribution is -0.148. The van der Waals surface area contributed by atoms with Gasteiger partial charge in [-0.1, -0.05) is 5.57 Å². The molecule has 5 heteroatoms. The summed E-state index contributed by atoms with van der Waals surface area (Å²) in [6.45, 7) is 1.94. The molecule has 0 aromatic rings. The van der Waals surface area contributed by atoms with E-state index < -0.39 is 12.1 Å². The molecule has 0 radical (unpaired) electrons. The first-order valence-electron chi connectivity index (χ1n) is 5.28. The number of nitrogens with one attached hydrogen (secondary N) is 1. The van der Waals surface area contributed by atoms with Gasteiger partial charge in [-0.2, -0.15) is 0 Å². The van der Waals surface area contributed by atoms with Gasteiger partial charge in [0.15, 0.2) is 6.10 Å². The summed E-state index contributed by atoms with van der Waals surface area (Å²) < 4.78 is 4.72. The van der Waals surface area contributed by atoms with Gasteiger partial charge in [-0.3, -0.25) is 4.79 Å². The predicted octanol–water partition coefficient (Wildman–Crippen LogP) is 0.703. The van der Waals surface area contributed by atoms with Crippen molar-refractivity contribution in [2.75, 3.05) is 13.7 Å². The van der Waals surface area contributed by atoms with Crippen LogP contribution in [0.2, 0.25) is 0 Å². The van der Waals surface area contributed by atoms with Gasteiger partial charge in [0.25, 0.3) is 0 Å². The molecule has 0 bridgehead atoms. The number of carbonyl (C=O) groups excluding carboxylic acids is 1. The second-order valence-corrected chi connectivity index (χ2v) is 3.89. The third-order valence-electron chi connectivity index (χ3n) is 2.78. The van der Waals surface area contributed by atoms with Gasteiger partial charge in [0.2, 0.25) is 5.91 Å². The summed E-state index contributed by atoms with van der Waals surface area (Å²) in [7, 11) is 1.31. The number of hydrogen-bond acceptors (Lipinski definition) is 3. The Morgan fingerprint density at radius 1 is 1.50 bits per heavy atom. The number of aliphatic carboxylic acids is 1. The lowest BCUT2D eigenvalue weighted by atomic mass is 10.1. The summed E-state index contributed by atoms with van der Waals surface area (Å²) >= 11 is 0. The molecular formula is C11H17NO4. The monoisotopic (exact) mass is 227 g/mol. The van der Waals surface area contributed by atoms with E-state index in [0.29, 0.717) is 0 Å². The maximum atomic E-state index is 11.7. The number of hydrogen-bond donors (Lipinski definition) is 2. The fourth-order valence-electron chi connectivity index (χ4n) is 1.77. The molecule has 1 aliphatic carbocycles. The molecular weight excluding hydrogens is 210 g/mol. The van der Waals surface area contributed by atoms with Gasteiger partial charge in [-0.25, -0.2) is 4.79 Å². The first kappa shape index (κ1) is 12.7. The van der Waals surface area contributed by atoms with E-state index in [1.807, 2.05) is 6.92 Å². The van der Waals surface area contributed by atoms with Crippen molar-refractivity contribution < 1.29 is 19.4 Å². The Kier molecular flexibility index (Phi) is 4.49. The highest BCUT2D eigenvalue weighted by Gasteiger charge is 2.21. The van der Waals surface area contributed by atoms with Crippen molar-refractivity contribution in [2.24, 2.45) is 0 Å². The molecule has 5 nitrogen and oxygen atoms in total. The highest BCUT2D eigenvalue weighted by Crippen LogP contribution is 2.25. The Hall–Kier alpha value is -1.36. The van der Waals surface area contributed by atoms with Crippen LogP contribution in [0.4, 0.5) is 0 Å². The molecule has 0 saturated carbocycles. The molecule has 1 aliphatic rings. The van der Waals surface area contributed by atoms with Crippen LogP contribution in [0.1, 0.15) is 26.2 Å². The smallest absolute Gasteiger partial charge is 0.334 e. The van der Waals surface area contributed by atoms with Crippen molar-refractivity contribution in [3.63, 3.8) is 0 Å². The van der Waals surface area contributed by atoms with Crippen LogP contribution in [0.3, 0.4) is 0 Å². The highest BCUT2D eigenvalue weighted by molar-refractivity contribution is 5.94. The zero-order valence-corrected chi connectivity index (χ0v) is 9.58. The largest absolute Gasteiger partial charge is 0.479 e. The SMILES string of the molecule is COC(CNC(=O)C1=C(C)CCC1)C(=O)O. The first-order valence-corrected chi connectivity index (χ1v) is 5.28. The lowest BCUT2D eigenvalue weighted by Gasteiger charge is -2.12. The molecule has 0 saturated heterocycles. The van der Waals surface area contributed by atoms with Gasteiger partial charge >= 0.3 is 5.97 Å². The fourth-order valence-corrected chi connectivity index (χ4v) is 1.77. The Morgan fingerprint density at radius 3 is 2.62 bits per heavy atom. The maximum Gasteiger partial charge on any atom is 0.334 e. The summed E-state index contributed by atoms with van der Waals surface area (Å²) in [6.07, 6.45) is 1.75. The van der Waals surface area contributed by atoms with E-state index in [2.05, 4.69) is 5.32 Å². The molecule has 1 unspecified atom stereocenters. The molecule has 16 heavy (non-hydrogen) atoms. The number of methoxy groups -OCH3 is 1. The van der Waals surface area contributed by atoms with Gasteiger partial charge in [0, 0.05) is 12.7 Å². The fraction of sp³-hybridized carbons (Fsp3) is 0.636. The van der Waals surface area contributed by atoms with E-state index in [0.717, 1.165) is 30.4 Å². The summed E-state index contributed by atoms with van der Waals surface area (Å²) in [5.74, 6) is -1.24. The molecule has 0 fully saturated rings. The number of amides is 1. The van der Waals surface area contributed by atoms with Crippen molar-refractivity contribution in [3.8, 4) is 0 Å². The molecule has 1 atom stereocenters. The summed E-state index contributed by atoms with van der Waals surface area (Å²) in [6, 6.07) is 0. The normalized spacial score (nSPS) is 17.4. The summed E-state index contributed by atoms with van der Waals surface area (Å²) in [4.78, 5) is 22.3. The molecule has 1 amide bonds. The van der Waals surface area contributed by atoms with Crippen LogP contribution in [-0.2, 0) is 14.3 Å². The second-order valence-electron chi connectivity index (χ2n) is 3.89. The molecule has 0 aromatic heterocycles. The molecule has 0 aliphatic heterocycles. The number of allylic oxidation sites excluding steroid dienone is 1. The van der Waals surface area contributed by atoms with Crippen LogP contribution in [0.5, 0.6) is 0 Å². The molecule has 0 aromatic carbocycles. The van der Waals surface area contributed by atoms with Crippen molar-refractivity contribution in [1.29, 1.82) is 0 Å². The Balaban J connectivity index is 2.46. The van der Waals surface area contributed by atoms with E-state index >= 15 is 0 Å². The molecule has 2 N–H and O–H groups in total. The van der Waals surface area contributed by atoms with Crippen LogP contribution in [-0.4, -0.2) is 36.7 Å². The Bertz CT molecular complexity index is 322. The van der Waals surface area contributed by atoms with E-state index in [9.17, 15) is 9.59 Å². The van der Waals surface area contributed by atoms with Gasteiger partial charge < -0.3 is 15.2 Å². The quantitative estimate of drug-likeness (QED) is 0.725. The number of carboxylic acid groups (broad SMARTS) is 1. The number of rotatable bonds is 5. The first-order chi connectivity index (χ1) is 7.56. The number of ether oxygens (including phenoxy) is 1. The van der Waals surface area contributed by atoms with Crippen LogP contribution >= 0.6 is 0 Å². The van der Waals surface area contributed by atoms with Gasteiger partial charge in [-0.15, -0.1) is 0 Å². The molecule has 90 valence electrons. The van der Waals surface area contributed by atoms with E-state index in [1.165, 1.54) is 7.11 Å². The van der Waals surface area contributed by atoms with E-state index in [-0.39, 0.29) is 12.5 Å². The topological polar surface area (TPSA) is 75.6 Å². The van der Waals surface area contributed by atoms with Gasteiger partial charge in [0.1, 0.15) is 0 Å². The minimum absolute atomic E-state index is 0.00144. The van der Waals surface area contributed by atoms with E-state index in [1.54, 1.807) is 0 Å². The third-order valence-corrected chi connectivity index (χ3v) is 2.78. The average molecular weight is 227 g/mol. The lowest BCUT2D eigenvalue weighted by Crippen LogP contribution is -2.38. The summed E-state index contributed by atoms with van der Waals surface area (Å²) in [5, 5.41) is 11.3. The molecule has 0 spiro atoms. The second kappa shape index (κ2) is 5.65. The predicted molar refractivity (Wildman–Crippen MR) is 58.0 cm³/mol. The zero-order valence-electron chi connectivity index (χ0n) is 9.58. The van der Waals surface area contributed by atoms with E-state index in [4.69, 9.17) is 9.84 Å². The molecule has 0 heterocycles. The van der Waals surface area contributed by atoms with Crippen molar-refractivity contribution in [3.05, 3.63) is 11.1 Å². The van der Waals surface area contributed by atoms with Crippen LogP contribution in [0.25, 0.3) is 0 Å². The minimum Gasteiger partial charge on any atom is -0.479 e. The maximum absolute atomic E-state index is 11.7. The Labute approximate surface area is 94.5 Å². The van der Waals surface area contributed by atoms with Crippen molar-refractivity contribution >= 4 is 11.9 Å². The molecule has 1 rings (SSSR count). The average Bonchev–Trinajstić information content (AvgIpc) is 2.64.